The fraction of sp³-hybridized carbons (Fsp3) is 0.500. The SMILES string of the molecule is Cc1ccc(NC(=O)CNC(=O)C2CCCC(N)C2)c(Cl)c1.Cl. The third-order valence-corrected chi connectivity index (χ3v) is 4.22. The number of hydrogen-bond acceptors (Lipinski definition) is 3. The van der Waals surface area contributed by atoms with Crippen LogP contribution in [0.4, 0.5) is 5.69 Å². The van der Waals surface area contributed by atoms with Gasteiger partial charge in [-0.2, -0.15) is 0 Å². The summed E-state index contributed by atoms with van der Waals surface area (Å²) in [6.07, 6.45) is 3.46. The maximum atomic E-state index is 12.0. The van der Waals surface area contributed by atoms with Gasteiger partial charge in [-0.05, 0) is 43.9 Å². The molecule has 2 rings (SSSR count). The maximum absolute atomic E-state index is 12.0. The first-order valence-corrected chi connectivity index (χ1v) is 7.93. The summed E-state index contributed by atoms with van der Waals surface area (Å²) in [5.41, 5.74) is 7.44. The number of benzene rings is 1. The van der Waals surface area contributed by atoms with E-state index in [1.54, 1.807) is 12.1 Å². The normalized spacial score (nSPS) is 20.3. The van der Waals surface area contributed by atoms with Crippen molar-refractivity contribution in [2.75, 3.05) is 11.9 Å². The minimum Gasteiger partial charge on any atom is -0.347 e. The van der Waals surface area contributed by atoms with Gasteiger partial charge >= 0.3 is 0 Å². The Morgan fingerprint density at radius 2 is 2.09 bits per heavy atom. The molecule has 7 heteroatoms. The van der Waals surface area contributed by atoms with Crippen LogP contribution < -0.4 is 16.4 Å². The molecule has 2 atom stereocenters. The van der Waals surface area contributed by atoms with E-state index in [2.05, 4.69) is 10.6 Å². The number of nitrogens with two attached hydrogens (primary N) is 1. The summed E-state index contributed by atoms with van der Waals surface area (Å²) in [6.45, 7) is 1.86. The molecule has 0 radical (unpaired) electrons. The van der Waals surface area contributed by atoms with Crippen LogP contribution in [0.1, 0.15) is 31.2 Å². The molecule has 4 N–H and O–H groups in total. The van der Waals surface area contributed by atoms with Gasteiger partial charge in [-0.1, -0.05) is 24.1 Å². The lowest BCUT2D eigenvalue weighted by molar-refractivity contribution is -0.128. The maximum Gasteiger partial charge on any atom is 0.243 e. The average molecular weight is 360 g/mol. The van der Waals surface area contributed by atoms with Gasteiger partial charge in [0, 0.05) is 12.0 Å². The fourth-order valence-electron chi connectivity index (χ4n) is 2.69. The Kier molecular flexibility index (Phi) is 7.82. The number of carbonyl (C=O) groups is 2. The molecule has 2 unspecified atom stereocenters. The van der Waals surface area contributed by atoms with Crippen molar-refractivity contribution in [1.82, 2.24) is 5.32 Å². The Labute approximate surface area is 147 Å². The third kappa shape index (κ3) is 6.01. The first-order valence-electron chi connectivity index (χ1n) is 7.55. The Morgan fingerprint density at radius 3 is 2.74 bits per heavy atom. The van der Waals surface area contributed by atoms with Crippen LogP contribution >= 0.6 is 24.0 Å². The van der Waals surface area contributed by atoms with Gasteiger partial charge in [0.25, 0.3) is 0 Å². The highest BCUT2D eigenvalue weighted by Gasteiger charge is 2.25. The number of hydrogen-bond donors (Lipinski definition) is 3. The monoisotopic (exact) mass is 359 g/mol. The number of nitrogens with one attached hydrogen (secondary N) is 2. The zero-order chi connectivity index (χ0) is 16.1. The molecule has 0 bridgehead atoms. The molecule has 0 aliphatic heterocycles. The van der Waals surface area contributed by atoms with E-state index >= 15 is 0 Å². The van der Waals surface area contributed by atoms with Crippen molar-refractivity contribution in [3.8, 4) is 0 Å². The second-order valence-electron chi connectivity index (χ2n) is 5.87. The highest BCUT2D eigenvalue weighted by molar-refractivity contribution is 6.33. The minimum atomic E-state index is -0.292. The third-order valence-electron chi connectivity index (χ3n) is 3.91. The van der Waals surface area contributed by atoms with Crippen LogP contribution in [-0.4, -0.2) is 24.4 Å². The number of aryl methyl sites for hydroxylation is 1. The highest BCUT2D eigenvalue weighted by Crippen LogP contribution is 2.23. The lowest BCUT2D eigenvalue weighted by Crippen LogP contribution is -2.40. The first-order chi connectivity index (χ1) is 10.5. The second kappa shape index (κ2) is 9.11. The van der Waals surface area contributed by atoms with Crippen molar-refractivity contribution in [2.24, 2.45) is 11.7 Å². The van der Waals surface area contributed by atoms with Gasteiger partial charge in [0.1, 0.15) is 0 Å². The van der Waals surface area contributed by atoms with Crippen molar-refractivity contribution in [3.63, 3.8) is 0 Å². The summed E-state index contributed by atoms with van der Waals surface area (Å²) < 4.78 is 0. The molecule has 1 aromatic carbocycles. The predicted octanol–water partition coefficient (Wildman–Crippen LogP) is 2.64. The van der Waals surface area contributed by atoms with Crippen molar-refractivity contribution >= 4 is 41.5 Å². The number of amides is 2. The van der Waals surface area contributed by atoms with Gasteiger partial charge in [0.2, 0.25) is 11.8 Å². The van der Waals surface area contributed by atoms with Crippen LogP contribution in [0.25, 0.3) is 0 Å². The summed E-state index contributed by atoms with van der Waals surface area (Å²) in [6, 6.07) is 5.48. The summed E-state index contributed by atoms with van der Waals surface area (Å²) in [7, 11) is 0. The van der Waals surface area contributed by atoms with Gasteiger partial charge in [0.05, 0.1) is 17.3 Å². The summed E-state index contributed by atoms with van der Waals surface area (Å²) >= 11 is 6.06. The van der Waals surface area contributed by atoms with E-state index in [0.717, 1.165) is 24.8 Å². The molecular weight excluding hydrogens is 337 g/mol. The number of carbonyl (C=O) groups excluding carboxylic acids is 2. The lowest BCUT2D eigenvalue weighted by atomic mass is 9.85. The molecule has 1 aromatic rings. The molecule has 128 valence electrons. The number of rotatable bonds is 4. The standard InChI is InChI=1S/C16H22ClN3O2.ClH/c1-10-5-6-14(13(17)7-10)20-15(21)9-19-16(22)11-3-2-4-12(18)8-11;/h5-7,11-12H,2-4,8-9,18H2,1H3,(H,19,22)(H,20,21);1H. The molecular formula is C16H23Cl2N3O2. The molecule has 0 aromatic heterocycles. The van der Waals surface area contributed by atoms with Crippen molar-refractivity contribution in [2.45, 2.75) is 38.6 Å². The van der Waals surface area contributed by atoms with Crippen LogP contribution in [-0.2, 0) is 9.59 Å². The van der Waals surface area contributed by atoms with Crippen molar-refractivity contribution in [1.29, 1.82) is 0 Å². The zero-order valence-corrected chi connectivity index (χ0v) is 14.7. The smallest absolute Gasteiger partial charge is 0.243 e. The van der Waals surface area contributed by atoms with Crippen molar-refractivity contribution < 1.29 is 9.59 Å². The topological polar surface area (TPSA) is 84.2 Å². The summed E-state index contributed by atoms with van der Waals surface area (Å²) in [4.78, 5) is 23.9. The Morgan fingerprint density at radius 1 is 1.35 bits per heavy atom. The Bertz CT molecular complexity index is 566. The first kappa shape index (κ1) is 19.7. The van der Waals surface area contributed by atoms with E-state index in [1.807, 2.05) is 13.0 Å². The molecule has 1 fully saturated rings. The van der Waals surface area contributed by atoms with Crippen LogP contribution in [0, 0.1) is 12.8 Å². The predicted molar refractivity (Wildman–Crippen MR) is 95.0 cm³/mol. The van der Waals surface area contributed by atoms with E-state index in [0.29, 0.717) is 17.1 Å². The largest absolute Gasteiger partial charge is 0.347 e. The fourth-order valence-corrected chi connectivity index (χ4v) is 2.98. The van der Waals surface area contributed by atoms with Gasteiger partial charge in [-0.3, -0.25) is 9.59 Å². The minimum absolute atomic E-state index is 0. The molecule has 23 heavy (non-hydrogen) atoms. The molecule has 1 aliphatic carbocycles. The van der Waals surface area contributed by atoms with Gasteiger partial charge in [0.15, 0.2) is 0 Å². The molecule has 5 nitrogen and oxygen atoms in total. The second-order valence-corrected chi connectivity index (χ2v) is 6.28. The molecule has 0 saturated heterocycles. The lowest BCUT2D eigenvalue weighted by Gasteiger charge is -2.25. The van der Waals surface area contributed by atoms with Crippen LogP contribution in [0.15, 0.2) is 18.2 Å². The highest BCUT2D eigenvalue weighted by atomic mass is 35.5. The molecule has 1 saturated carbocycles. The number of halogens is 2. The quantitative estimate of drug-likeness (QED) is 0.772. The van der Waals surface area contributed by atoms with E-state index in [-0.39, 0.29) is 42.7 Å². The van der Waals surface area contributed by atoms with Crippen LogP contribution in [0.2, 0.25) is 5.02 Å². The zero-order valence-electron chi connectivity index (χ0n) is 13.1. The van der Waals surface area contributed by atoms with Crippen LogP contribution in [0.5, 0.6) is 0 Å². The number of anilines is 1. The average Bonchev–Trinajstić information content (AvgIpc) is 2.47. The molecule has 0 heterocycles. The van der Waals surface area contributed by atoms with E-state index < -0.39 is 0 Å². The van der Waals surface area contributed by atoms with Gasteiger partial charge in [-0.15, -0.1) is 12.4 Å². The van der Waals surface area contributed by atoms with Crippen LogP contribution in [0.3, 0.4) is 0 Å². The van der Waals surface area contributed by atoms with Gasteiger partial charge < -0.3 is 16.4 Å². The van der Waals surface area contributed by atoms with E-state index in [9.17, 15) is 9.59 Å². The summed E-state index contributed by atoms with van der Waals surface area (Å²) in [5.74, 6) is -0.473. The molecule has 0 spiro atoms. The van der Waals surface area contributed by atoms with Crippen molar-refractivity contribution in [3.05, 3.63) is 28.8 Å². The summed E-state index contributed by atoms with van der Waals surface area (Å²) in [5, 5.41) is 5.85. The Balaban J connectivity index is 0.00000264. The van der Waals surface area contributed by atoms with Gasteiger partial charge in [-0.25, -0.2) is 0 Å². The molecule has 2 amide bonds. The van der Waals surface area contributed by atoms with E-state index in [4.69, 9.17) is 17.3 Å². The Hall–Kier alpha value is -1.30. The molecule has 1 aliphatic rings. The van der Waals surface area contributed by atoms with E-state index in [1.165, 1.54) is 0 Å².